The minimum Gasteiger partial charge on any atom is -0.360 e. The maximum Gasteiger partial charge on any atom is 0.282 e. The van der Waals surface area contributed by atoms with Gasteiger partial charge in [-0.1, -0.05) is 18.3 Å². The van der Waals surface area contributed by atoms with E-state index in [4.69, 9.17) is 0 Å². The number of rotatable bonds is 7. The minimum absolute atomic E-state index is 0.124. The average Bonchev–Trinajstić information content (AvgIpc) is 3.07. The van der Waals surface area contributed by atoms with Crippen LogP contribution in [0.5, 0.6) is 0 Å². The van der Waals surface area contributed by atoms with Crippen molar-refractivity contribution in [3.05, 3.63) is 5.01 Å². The molecule has 2 N–H and O–H groups in total. The highest BCUT2D eigenvalue weighted by molar-refractivity contribution is 7.17. The van der Waals surface area contributed by atoms with Crippen molar-refractivity contribution in [2.75, 3.05) is 38.0 Å². The van der Waals surface area contributed by atoms with Crippen molar-refractivity contribution in [1.82, 2.24) is 20.4 Å². The fourth-order valence-electron chi connectivity index (χ4n) is 2.03. The van der Waals surface area contributed by atoms with Gasteiger partial charge in [0.15, 0.2) is 0 Å². The summed E-state index contributed by atoms with van der Waals surface area (Å²) in [6.45, 7) is 6.84. The van der Waals surface area contributed by atoms with Gasteiger partial charge >= 0.3 is 0 Å². The Morgan fingerprint density at radius 3 is 2.84 bits per heavy atom. The zero-order chi connectivity index (χ0) is 13.5. The van der Waals surface area contributed by atoms with Crippen LogP contribution in [-0.2, 0) is 0 Å². The molecule has 1 aromatic rings. The zero-order valence-electron chi connectivity index (χ0n) is 11.3. The zero-order valence-corrected chi connectivity index (χ0v) is 12.1. The van der Waals surface area contributed by atoms with Crippen LogP contribution in [0.3, 0.4) is 0 Å². The lowest BCUT2D eigenvalue weighted by molar-refractivity contribution is 0.0948. The third-order valence-corrected chi connectivity index (χ3v) is 3.94. The van der Waals surface area contributed by atoms with Crippen LogP contribution in [0.4, 0.5) is 5.13 Å². The number of nitrogens with one attached hydrogen (secondary N) is 2. The van der Waals surface area contributed by atoms with Crippen molar-refractivity contribution in [2.24, 2.45) is 0 Å². The van der Waals surface area contributed by atoms with Gasteiger partial charge in [-0.25, -0.2) is 0 Å². The molecule has 0 spiro atoms. The van der Waals surface area contributed by atoms with E-state index in [2.05, 4.69) is 32.7 Å². The van der Waals surface area contributed by atoms with Gasteiger partial charge in [0, 0.05) is 19.6 Å². The molecule has 106 valence electrons. The van der Waals surface area contributed by atoms with Gasteiger partial charge in [0.2, 0.25) is 10.1 Å². The monoisotopic (exact) mass is 283 g/mol. The fourth-order valence-corrected chi connectivity index (χ4v) is 2.71. The van der Waals surface area contributed by atoms with E-state index in [1.165, 1.54) is 24.2 Å². The van der Waals surface area contributed by atoms with E-state index in [9.17, 15) is 4.79 Å². The Labute approximate surface area is 117 Å². The van der Waals surface area contributed by atoms with Crippen LogP contribution in [0.15, 0.2) is 0 Å². The maximum absolute atomic E-state index is 11.9. The molecular weight excluding hydrogens is 262 g/mol. The molecule has 0 radical (unpaired) electrons. The molecule has 1 amide bonds. The molecule has 0 aliphatic carbocycles. The first kappa shape index (κ1) is 14.2. The topological polar surface area (TPSA) is 70.1 Å². The van der Waals surface area contributed by atoms with E-state index in [0.717, 1.165) is 32.6 Å². The second-order valence-electron chi connectivity index (χ2n) is 4.64. The Hall–Kier alpha value is -1.21. The van der Waals surface area contributed by atoms with Crippen LogP contribution in [0.2, 0.25) is 0 Å². The Balaban J connectivity index is 1.71. The van der Waals surface area contributed by atoms with Crippen molar-refractivity contribution >= 4 is 22.4 Å². The lowest BCUT2D eigenvalue weighted by Gasteiger charge is -2.13. The summed E-state index contributed by atoms with van der Waals surface area (Å²) in [5.74, 6) is -0.124. The normalized spacial score (nSPS) is 15.6. The van der Waals surface area contributed by atoms with Crippen molar-refractivity contribution in [1.29, 1.82) is 0 Å². The Morgan fingerprint density at radius 2 is 2.11 bits per heavy atom. The molecule has 0 saturated carbocycles. The van der Waals surface area contributed by atoms with Gasteiger partial charge in [-0.15, -0.1) is 10.2 Å². The second-order valence-corrected chi connectivity index (χ2v) is 5.62. The molecule has 0 unspecified atom stereocenters. The summed E-state index contributed by atoms with van der Waals surface area (Å²) < 4.78 is 0. The standard InChI is InChI=1S/C12H21N5OS/c1-2-5-14-12-16-15-11(19-12)10(18)13-6-9-17-7-3-4-8-17/h2-9H2,1H3,(H,13,18)(H,14,16). The number of carbonyl (C=O) groups is 1. The number of likely N-dealkylation sites (tertiary alicyclic amines) is 1. The van der Waals surface area contributed by atoms with E-state index < -0.39 is 0 Å². The van der Waals surface area contributed by atoms with Gasteiger partial charge in [0.05, 0.1) is 0 Å². The largest absolute Gasteiger partial charge is 0.360 e. The Kier molecular flexibility index (Phi) is 5.53. The number of nitrogens with zero attached hydrogens (tertiary/aromatic N) is 3. The number of aromatic nitrogens is 2. The van der Waals surface area contributed by atoms with Crippen LogP contribution in [0.25, 0.3) is 0 Å². The molecule has 7 heteroatoms. The molecular formula is C12H21N5OS. The molecule has 0 bridgehead atoms. The molecule has 0 aromatic carbocycles. The predicted molar refractivity (Wildman–Crippen MR) is 76.7 cm³/mol. The van der Waals surface area contributed by atoms with Crippen LogP contribution in [-0.4, -0.2) is 53.7 Å². The SMILES string of the molecule is CCCNc1nnc(C(=O)NCCN2CCCC2)s1. The van der Waals surface area contributed by atoms with Crippen LogP contribution >= 0.6 is 11.3 Å². The molecule has 0 atom stereocenters. The first-order valence-corrected chi connectivity index (χ1v) is 7.69. The molecule has 19 heavy (non-hydrogen) atoms. The number of hydrogen-bond donors (Lipinski definition) is 2. The third-order valence-electron chi connectivity index (χ3n) is 3.06. The van der Waals surface area contributed by atoms with Gasteiger partial charge in [-0.2, -0.15) is 0 Å². The number of amides is 1. The summed E-state index contributed by atoms with van der Waals surface area (Å²) in [5, 5.41) is 15.0. The van der Waals surface area contributed by atoms with Crippen molar-refractivity contribution in [2.45, 2.75) is 26.2 Å². The third kappa shape index (κ3) is 4.43. The fraction of sp³-hybridized carbons (Fsp3) is 0.750. The van der Waals surface area contributed by atoms with Crippen LogP contribution in [0, 0.1) is 0 Å². The van der Waals surface area contributed by atoms with Gasteiger partial charge in [-0.3, -0.25) is 4.79 Å². The lowest BCUT2D eigenvalue weighted by atomic mass is 10.4. The number of hydrogen-bond acceptors (Lipinski definition) is 6. The molecule has 1 aliphatic rings. The van der Waals surface area contributed by atoms with Crippen molar-refractivity contribution in [3.8, 4) is 0 Å². The molecule has 1 saturated heterocycles. The van der Waals surface area contributed by atoms with E-state index in [0.29, 0.717) is 16.7 Å². The molecule has 6 nitrogen and oxygen atoms in total. The van der Waals surface area contributed by atoms with E-state index in [-0.39, 0.29) is 5.91 Å². The number of anilines is 1. The summed E-state index contributed by atoms with van der Waals surface area (Å²) in [6.07, 6.45) is 3.57. The van der Waals surface area contributed by atoms with Gasteiger partial charge in [0.25, 0.3) is 5.91 Å². The van der Waals surface area contributed by atoms with Gasteiger partial charge < -0.3 is 15.5 Å². The minimum atomic E-state index is -0.124. The second kappa shape index (κ2) is 7.40. The molecule has 2 rings (SSSR count). The quantitative estimate of drug-likeness (QED) is 0.786. The van der Waals surface area contributed by atoms with Crippen molar-refractivity contribution in [3.63, 3.8) is 0 Å². The number of carbonyl (C=O) groups excluding carboxylic acids is 1. The van der Waals surface area contributed by atoms with E-state index in [1.54, 1.807) is 0 Å². The summed E-state index contributed by atoms with van der Waals surface area (Å²) in [5.41, 5.74) is 0. The average molecular weight is 283 g/mol. The van der Waals surface area contributed by atoms with E-state index >= 15 is 0 Å². The lowest BCUT2D eigenvalue weighted by Crippen LogP contribution is -2.33. The predicted octanol–water partition coefficient (Wildman–Crippen LogP) is 1.19. The van der Waals surface area contributed by atoms with Crippen LogP contribution < -0.4 is 10.6 Å². The molecule has 1 aromatic heterocycles. The summed E-state index contributed by atoms with van der Waals surface area (Å²) in [4.78, 5) is 14.2. The maximum atomic E-state index is 11.9. The van der Waals surface area contributed by atoms with Gasteiger partial charge in [0.1, 0.15) is 0 Å². The molecule has 1 aliphatic heterocycles. The highest BCUT2D eigenvalue weighted by Gasteiger charge is 2.14. The summed E-state index contributed by atoms with van der Waals surface area (Å²) in [7, 11) is 0. The summed E-state index contributed by atoms with van der Waals surface area (Å²) in [6, 6.07) is 0. The molecule has 2 heterocycles. The van der Waals surface area contributed by atoms with Crippen LogP contribution in [0.1, 0.15) is 36.0 Å². The smallest absolute Gasteiger partial charge is 0.282 e. The van der Waals surface area contributed by atoms with Gasteiger partial charge in [-0.05, 0) is 32.4 Å². The van der Waals surface area contributed by atoms with E-state index in [1.807, 2.05) is 0 Å². The first-order valence-electron chi connectivity index (χ1n) is 6.87. The first-order chi connectivity index (χ1) is 9.29. The summed E-state index contributed by atoms with van der Waals surface area (Å²) >= 11 is 1.30. The Bertz CT molecular complexity index is 403. The highest BCUT2D eigenvalue weighted by atomic mass is 32.1. The highest BCUT2D eigenvalue weighted by Crippen LogP contribution is 2.14. The van der Waals surface area contributed by atoms with Crippen molar-refractivity contribution < 1.29 is 4.79 Å². The molecule has 1 fully saturated rings. The Morgan fingerprint density at radius 1 is 1.32 bits per heavy atom.